The van der Waals surface area contributed by atoms with Gasteiger partial charge >= 0.3 is 0 Å². The molecule has 2 saturated heterocycles. The number of aromatic nitrogens is 2. The normalized spacial score (nSPS) is 26.4. The van der Waals surface area contributed by atoms with Crippen LogP contribution in [0.4, 0.5) is 5.69 Å². The Morgan fingerprint density at radius 3 is 2.68 bits per heavy atom. The second-order valence-corrected chi connectivity index (χ2v) is 6.20. The zero-order valence-electron chi connectivity index (χ0n) is 10.2. The fourth-order valence-electron chi connectivity index (χ4n) is 3.39. The number of carbonyl (C=O) groups is 1. The van der Waals surface area contributed by atoms with Gasteiger partial charge in [-0.15, -0.1) is 0 Å². The summed E-state index contributed by atoms with van der Waals surface area (Å²) in [4.78, 5) is 14.0. The Bertz CT molecular complexity index is 655. The van der Waals surface area contributed by atoms with Crippen LogP contribution in [-0.2, 0) is 4.79 Å². The zero-order valence-corrected chi connectivity index (χ0v) is 11.7. The van der Waals surface area contributed by atoms with Crippen molar-refractivity contribution in [2.45, 2.75) is 37.8 Å². The molecule has 0 radical (unpaired) electrons. The van der Waals surface area contributed by atoms with Gasteiger partial charge in [0.2, 0.25) is 0 Å². The molecule has 3 heterocycles. The number of anilines is 1. The molecule has 4 rings (SSSR count). The lowest BCUT2D eigenvalue weighted by molar-refractivity contribution is -0.120. The van der Waals surface area contributed by atoms with Gasteiger partial charge in [0.05, 0.1) is 22.4 Å². The van der Waals surface area contributed by atoms with Gasteiger partial charge in [-0.05, 0) is 25.0 Å². The van der Waals surface area contributed by atoms with Gasteiger partial charge in [0.15, 0.2) is 0 Å². The van der Waals surface area contributed by atoms with E-state index in [4.69, 9.17) is 11.6 Å². The van der Waals surface area contributed by atoms with Crippen LogP contribution in [-0.4, -0.2) is 26.6 Å². The molecule has 1 aromatic heterocycles. The number of fused-ring (bicyclic) bond motifs is 3. The maximum absolute atomic E-state index is 11.7. The van der Waals surface area contributed by atoms with Crippen molar-refractivity contribution in [1.82, 2.24) is 8.75 Å². The highest BCUT2D eigenvalue weighted by Crippen LogP contribution is 2.43. The molecule has 2 unspecified atom stereocenters. The third kappa shape index (κ3) is 1.68. The Hall–Kier alpha value is -1.20. The van der Waals surface area contributed by atoms with E-state index >= 15 is 0 Å². The van der Waals surface area contributed by atoms with Crippen molar-refractivity contribution >= 4 is 45.8 Å². The first kappa shape index (κ1) is 11.6. The Balaban J connectivity index is 1.89. The number of ketones is 1. The van der Waals surface area contributed by atoms with E-state index in [1.807, 2.05) is 12.1 Å². The smallest absolute Gasteiger partial charge is 0.137 e. The lowest BCUT2D eigenvalue weighted by atomic mass is 10.00. The fraction of sp³-hybridized carbons (Fsp3) is 0.462. The standard InChI is InChI=1S/C13H12ClN3OS/c14-10-3-4-11-12(16-19-15-11)13(10)17-7-1-2-8(17)6-9(18)5-7/h3-4,7-8H,1-2,5-6H2. The second kappa shape index (κ2) is 4.15. The van der Waals surface area contributed by atoms with Gasteiger partial charge in [0.1, 0.15) is 16.8 Å². The van der Waals surface area contributed by atoms with Crippen LogP contribution in [0.3, 0.4) is 0 Å². The molecule has 6 heteroatoms. The number of rotatable bonds is 1. The third-order valence-electron chi connectivity index (χ3n) is 4.16. The van der Waals surface area contributed by atoms with E-state index in [2.05, 4.69) is 13.6 Å². The van der Waals surface area contributed by atoms with E-state index < -0.39 is 0 Å². The second-order valence-electron chi connectivity index (χ2n) is 5.27. The number of nitrogens with zero attached hydrogens (tertiary/aromatic N) is 3. The molecule has 2 aliphatic heterocycles. The molecule has 19 heavy (non-hydrogen) atoms. The first-order valence-corrected chi connectivity index (χ1v) is 7.55. The number of benzene rings is 1. The molecule has 0 spiro atoms. The predicted molar refractivity (Wildman–Crippen MR) is 76.0 cm³/mol. The van der Waals surface area contributed by atoms with Crippen LogP contribution in [0.1, 0.15) is 25.7 Å². The molecule has 4 nitrogen and oxygen atoms in total. The summed E-state index contributed by atoms with van der Waals surface area (Å²) >= 11 is 7.61. The maximum atomic E-state index is 11.7. The topological polar surface area (TPSA) is 46.1 Å². The van der Waals surface area contributed by atoms with Crippen molar-refractivity contribution in [2.24, 2.45) is 0 Å². The van der Waals surface area contributed by atoms with Crippen LogP contribution < -0.4 is 4.90 Å². The zero-order chi connectivity index (χ0) is 13.0. The molecule has 98 valence electrons. The number of piperidine rings is 1. The Morgan fingerprint density at radius 2 is 1.95 bits per heavy atom. The highest BCUT2D eigenvalue weighted by molar-refractivity contribution is 7.00. The van der Waals surface area contributed by atoms with Crippen molar-refractivity contribution in [1.29, 1.82) is 0 Å². The summed E-state index contributed by atoms with van der Waals surface area (Å²) < 4.78 is 8.67. The predicted octanol–water partition coefficient (Wildman–Crippen LogP) is 3.05. The van der Waals surface area contributed by atoms with Crippen molar-refractivity contribution < 1.29 is 4.79 Å². The monoisotopic (exact) mass is 293 g/mol. The van der Waals surface area contributed by atoms with E-state index in [1.54, 1.807) is 0 Å². The average Bonchev–Trinajstić information content (AvgIpc) is 2.94. The summed E-state index contributed by atoms with van der Waals surface area (Å²) in [5.74, 6) is 0.378. The largest absolute Gasteiger partial charge is 0.362 e. The van der Waals surface area contributed by atoms with Gasteiger partial charge in [0, 0.05) is 24.9 Å². The number of Topliss-reactive ketones (excluding diaryl/α,β-unsaturated/α-hetero) is 1. The molecule has 2 fully saturated rings. The van der Waals surface area contributed by atoms with E-state index in [-0.39, 0.29) is 12.1 Å². The van der Waals surface area contributed by atoms with Crippen molar-refractivity contribution in [3.63, 3.8) is 0 Å². The SMILES string of the molecule is O=C1CC2CCC(C1)N2c1c(Cl)ccc2nsnc12. The van der Waals surface area contributed by atoms with Gasteiger partial charge < -0.3 is 4.90 Å². The first-order valence-electron chi connectivity index (χ1n) is 6.45. The van der Waals surface area contributed by atoms with Gasteiger partial charge in [0.25, 0.3) is 0 Å². The van der Waals surface area contributed by atoms with Crippen LogP contribution >= 0.6 is 23.3 Å². The lowest BCUT2D eigenvalue weighted by Gasteiger charge is -2.36. The van der Waals surface area contributed by atoms with Crippen molar-refractivity contribution in [2.75, 3.05) is 4.90 Å². The van der Waals surface area contributed by atoms with Crippen LogP contribution in [0.15, 0.2) is 12.1 Å². The summed E-state index contributed by atoms with van der Waals surface area (Å²) in [7, 11) is 0. The van der Waals surface area contributed by atoms with E-state index in [9.17, 15) is 4.79 Å². The highest BCUT2D eigenvalue weighted by atomic mass is 35.5. The minimum atomic E-state index is 0.288. The minimum Gasteiger partial charge on any atom is -0.362 e. The molecule has 2 atom stereocenters. The average molecular weight is 294 g/mol. The lowest BCUT2D eigenvalue weighted by Crippen LogP contribution is -2.43. The fourth-order valence-corrected chi connectivity index (χ4v) is 4.18. The first-order chi connectivity index (χ1) is 9.24. The molecule has 0 amide bonds. The molecule has 2 aromatic rings. The number of hydrogen-bond acceptors (Lipinski definition) is 5. The van der Waals surface area contributed by atoms with Crippen LogP contribution in [0.2, 0.25) is 5.02 Å². The molecule has 2 bridgehead atoms. The molecule has 2 aliphatic rings. The van der Waals surface area contributed by atoms with Crippen molar-refractivity contribution in [3.05, 3.63) is 17.2 Å². The maximum Gasteiger partial charge on any atom is 0.137 e. The number of halogens is 1. The Kier molecular flexibility index (Phi) is 2.53. The molecule has 0 saturated carbocycles. The molecule has 0 N–H and O–H groups in total. The quantitative estimate of drug-likeness (QED) is 0.811. The van der Waals surface area contributed by atoms with Gasteiger partial charge in [-0.25, -0.2) is 0 Å². The van der Waals surface area contributed by atoms with Gasteiger partial charge in [-0.2, -0.15) is 8.75 Å². The summed E-state index contributed by atoms with van der Waals surface area (Å²) in [6, 6.07) is 4.37. The molecular weight excluding hydrogens is 282 g/mol. The Labute approximate surface area is 119 Å². The van der Waals surface area contributed by atoms with Gasteiger partial charge in [-0.3, -0.25) is 4.79 Å². The Morgan fingerprint density at radius 1 is 1.21 bits per heavy atom. The molecule has 0 aliphatic carbocycles. The number of carbonyl (C=O) groups excluding carboxylic acids is 1. The highest BCUT2D eigenvalue weighted by Gasteiger charge is 2.41. The summed E-state index contributed by atoms with van der Waals surface area (Å²) in [5.41, 5.74) is 2.75. The van der Waals surface area contributed by atoms with Crippen LogP contribution in [0.5, 0.6) is 0 Å². The third-order valence-corrected chi connectivity index (χ3v) is 5.00. The van der Waals surface area contributed by atoms with Crippen molar-refractivity contribution in [3.8, 4) is 0 Å². The van der Waals surface area contributed by atoms with Crippen LogP contribution in [0.25, 0.3) is 11.0 Å². The molecule has 1 aromatic carbocycles. The summed E-state index contributed by atoms with van der Waals surface area (Å²) in [5, 5.41) is 0.714. The van der Waals surface area contributed by atoms with E-state index in [0.717, 1.165) is 29.6 Å². The van der Waals surface area contributed by atoms with E-state index in [1.165, 1.54) is 11.7 Å². The minimum absolute atomic E-state index is 0.288. The van der Waals surface area contributed by atoms with Gasteiger partial charge in [-0.1, -0.05) is 11.6 Å². The molecular formula is C13H12ClN3OS. The summed E-state index contributed by atoms with van der Waals surface area (Å²) in [6.07, 6.45) is 3.42. The van der Waals surface area contributed by atoms with E-state index in [0.29, 0.717) is 23.6 Å². The summed E-state index contributed by atoms with van der Waals surface area (Å²) in [6.45, 7) is 0. The van der Waals surface area contributed by atoms with Crippen LogP contribution in [0, 0.1) is 0 Å². The number of hydrogen-bond donors (Lipinski definition) is 0.